The van der Waals surface area contributed by atoms with E-state index in [1.165, 1.54) is 42.6 Å². The molecule has 0 saturated heterocycles. The molecule has 0 atom stereocenters. The molecular formula is C12H11ClN2O3S2. The Kier molecular flexibility index (Phi) is 4.44. The topological polar surface area (TPSA) is 75.3 Å². The van der Waals surface area contributed by atoms with Gasteiger partial charge in [0.15, 0.2) is 0 Å². The summed E-state index contributed by atoms with van der Waals surface area (Å²) in [7, 11) is -2.13. The first kappa shape index (κ1) is 15.0. The van der Waals surface area contributed by atoms with Crippen LogP contribution in [0.5, 0.6) is 0 Å². The van der Waals surface area contributed by atoms with Crippen molar-refractivity contribution in [1.29, 1.82) is 0 Å². The second-order valence-electron chi connectivity index (χ2n) is 3.79. The third-order valence-electron chi connectivity index (χ3n) is 2.49. The Morgan fingerprint density at radius 1 is 1.15 bits per heavy atom. The molecule has 0 spiro atoms. The minimum Gasteiger partial charge on any atom is -0.321 e. The molecule has 0 aliphatic carbocycles. The lowest BCUT2D eigenvalue weighted by Gasteiger charge is -2.05. The van der Waals surface area contributed by atoms with Gasteiger partial charge in [0.05, 0.1) is 14.1 Å². The van der Waals surface area contributed by atoms with Gasteiger partial charge >= 0.3 is 0 Å². The number of nitrogens with one attached hydrogen (secondary N) is 2. The Morgan fingerprint density at radius 3 is 2.30 bits per heavy atom. The van der Waals surface area contributed by atoms with Crippen molar-refractivity contribution in [3.63, 3.8) is 0 Å². The minimum absolute atomic E-state index is 0.136. The van der Waals surface area contributed by atoms with Crippen LogP contribution < -0.4 is 10.0 Å². The Bertz CT molecular complexity index is 723. The van der Waals surface area contributed by atoms with Gasteiger partial charge in [0.25, 0.3) is 5.91 Å². The van der Waals surface area contributed by atoms with Crippen molar-refractivity contribution in [3.05, 3.63) is 45.6 Å². The molecule has 0 saturated carbocycles. The van der Waals surface area contributed by atoms with Crippen LogP contribution in [0, 0.1) is 0 Å². The molecule has 2 rings (SSSR count). The molecule has 106 valence electrons. The summed E-state index contributed by atoms with van der Waals surface area (Å²) in [6, 6.07) is 9.16. The summed E-state index contributed by atoms with van der Waals surface area (Å²) in [4.78, 5) is 12.5. The van der Waals surface area contributed by atoms with Crippen molar-refractivity contribution in [1.82, 2.24) is 4.72 Å². The van der Waals surface area contributed by atoms with E-state index in [0.29, 0.717) is 14.9 Å². The van der Waals surface area contributed by atoms with Crippen molar-refractivity contribution >= 4 is 44.6 Å². The highest BCUT2D eigenvalue weighted by molar-refractivity contribution is 7.89. The summed E-state index contributed by atoms with van der Waals surface area (Å²) in [6.07, 6.45) is 0. The average Bonchev–Trinajstić information content (AvgIpc) is 2.86. The lowest BCUT2D eigenvalue weighted by Crippen LogP contribution is -2.18. The van der Waals surface area contributed by atoms with Crippen LogP contribution in [0.1, 0.15) is 9.67 Å². The Morgan fingerprint density at radius 2 is 1.80 bits per heavy atom. The third kappa shape index (κ3) is 3.37. The van der Waals surface area contributed by atoms with Crippen molar-refractivity contribution < 1.29 is 13.2 Å². The molecule has 2 N–H and O–H groups in total. The van der Waals surface area contributed by atoms with Crippen LogP contribution in [0.3, 0.4) is 0 Å². The summed E-state index contributed by atoms with van der Waals surface area (Å²) < 4.78 is 25.8. The summed E-state index contributed by atoms with van der Waals surface area (Å²) in [5.41, 5.74) is 0.509. The molecule has 0 aliphatic heterocycles. The molecule has 1 aromatic carbocycles. The van der Waals surface area contributed by atoms with Crippen molar-refractivity contribution in [2.24, 2.45) is 0 Å². The third-order valence-corrected chi connectivity index (χ3v) is 5.15. The highest BCUT2D eigenvalue weighted by atomic mass is 35.5. The first-order chi connectivity index (χ1) is 9.42. The van der Waals surface area contributed by atoms with Gasteiger partial charge in [-0.2, -0.15) is 0 Å². The summed E-state index contributed by atoms with van der Waals surface area (Å²) >= 11 is 6.93. The predicted octanol–water partition coefficient (Wildman–Crippen LogP) is 2.56. The van der Waals surface area contributed by atoms with Gasteiger partial charge in [-0.3, -0.25) is 4.79 Å². The molecule has 0 aliphatic rings. The maximum atomic E-state index is 11.9. The lowest BCUT2D eigenvalue weighted by atomic mass is 10.3. The fourth-order valence-electron chi connectivity index (χ4n) is 1.46. The number of anilines is 1. The number of benzene rings is 1. The van der Waals surface area contributed by atoms with E-state index in [1.54, 1.807) is 12.1 Å². The molecule has 0 radical (unpaired) electrons. The number of sulfonamides is 1. The molecule has 0 unspecified atom stereocenters. The molecule has 0 bridgehead atoms. The Hall–Kier alpha value is -1.41. The molecule has 1 heterocycles. The fraction of sp³-hybridized carbons (Fsp3) is 0.0833. The van der Waals surface area contributed by atoms with Gasteiger partial charge in [0.2, 0.25) is 10.0 Å². The van der Waals surface area contributed by atoms with E-state index in [1.807, 2.05) is 0 Å². The molecule has 5 nitrogen and oxygen atoms in total. The second kappa shape index (κ2) is 5.92. The van der Waals surface area contributed by atoms with Gasteiger partial charge in [-0.05, 0) is 43.4 Å². The first-order valence-corrected chi connectivity index (χ1v) is 8.20. The van der Waals surface area contributed by atoms with E-state index in [-0.39, 0.29) is 10.8 Å². The first-order valence-electron chi connectivity index (χ1n) is 5.52. The molecule has 0 fully saturated rings. The SMILES string of the molecule is CNS(=O)(=O)c1ccc(NC(=O)c2ccc(Cl)s2)cc1. The van der Waals surface area contributed by atoms with Crippen molar-refractivity contribution in [2.45, 2.75) is 4.90 Å². The van der Waals surface area contributed by atoms with Gasteiger partial charge < -0.3 is 5.32 Å². The summed E-state index contributed by atoms with van der Waals surface area (Å²) in [5, 5.41) is 2.67. The van der Waals surface area contributed by atoms with Crippen LogP contribution in [-0.4, -0.2) is 21.4 Å². The predicted molar refractivity (Wildman–Crippen MR) is 80.0 cm³/mol. The molecule has 8 heteroatoms. The number of hydrogen-bond acceptors (Lipinski definition) is 4. The van der Waals surface area contributed by atoms with Crippen molar-refractivity contribution in [2.75, 3.05) is 12.4 Å². The maximum Gasteiger partial charge on any atom is 0.265 e. The maximum absolute atomic E-state index is 11.9. The van der Waals surface area contributed by atoms with E-state index >= 15 is 0 Å². The standard InChI is InChI=1S/C12H11ClN2O3S2/c1-14-20(17,18)9-4-2-8(3-5-9)15-12(16)10-6-7-11(13)19-10/h2-7,14H,1H3,(H,15,16). The summed E-state index contributed by atoms with van der Waals surface area (Å²) in [6.45, 7) is 0. The zero-order valence-electron chi connectivity index (χ0n) is 10.4. The monoisotopic (exact) mass is 330 g/mol. The van der Waals surface area contributed by atoms with Crippen LogP contribution in [0.25, 0.3) is 0 Å². The second-order valence-corrected chi connectivity index (χ2v) is 7.39. The largest absolute Gasteiger partial charge is 0.321 e. The summed E-state index contributed by atoms with van der Waals surface area (Å²) in [5.74, 6) is -0.286. The highest BCUT2D eigenvalue weighted by Crippen LogP contribution is 2.22. The number of halogens is 1. The molecule has 1 aromatic heterocycles. The number of hydrogen-bond donors (Lipinski definition) is 2. The van der Waals surface area contributed by atoms with E-state index in [0.717, 1.165) is 0 Å². The molecular weight excluding hydrogens is 320 g/mol. The van der Waals surface area contributed by atoms with Crippen LogP contribution in [0.2, 0.25) is 4.34 Å². The van der Waals surface area contributed by atoms with Gasteiger partial charge in [-0.1, -0.05) is 11.6 Å². The molecule has 20 heavy (non-hydrogen) atoms. The fourth-order valence-corrected chi connectivity index (χ4v) is 3.13. The van der Waals surface area contributed by atoms with Gasteiger partial charge in [0, 0.05) is 5.69 Å². The van der Waals surface area contributed by atoms with Crippen LogP contribution >= 0.6 is 22.9 Å². The molecule has 2 aromatic rings. The normalized spacial score (nSPS) is 11.3. The van der Waals surface area contributed by atoms with Gasteiger partial charge in [-0.15, -0.1) is 11.3 Å². The zero-order valence-corrected chi connectivity index (χ0v) is 12.8. The Balaban J connectivity index is 2.14. The zero-order chi connectivity index (χ0) is 14.8. The van der Waals surface area contributed by atoms with E-state index < -0.39 is 10.0 Å². The number of carbonyl (C=O) groups is 1. The van der Waals surface area contributed by atoms with Crippen LogP contribution in [-0.2, 0) is 10.0 Å². The lowest BCUT2D eigenvalue weighted by molar-refractivity contribution is 0.103. The van der Waals surface area contributed by atoms with Crippen molar-refractivity contribution in [3.8, 4) is 0 Å². The minimum atomic E-state index is -3.47. The number of amides is 1. The number of rotatable bonds is 4. The van der Waals surface area contributed by atoms with E-state index in [9.17, 15) is 13.2 Å². The van der Waals surface area contributed by atoms with Crippen LogP contribution in [0.4, 0.5) is 5.69 Å². The van der Waals surface area contributed by atoms with Gasteiger partial charge in [0.1, 0.15) is 0 Å². The number of carbonyl (C=O) groups excluding carboxylic acids is 1. The Labute approximate surface area is 125 Å². The smallest absolute Gasteiger partial charge is 0.265 e. The average molecular weight is 331 g/mol. The molecule has 1 amide bonds. The van der Waals surface area contributed by atoms with Crippen LogP contribution in [0.15, 0.2) is 41.3 Å². The quantitative estimate of drug-likeness (QED) is 0.904. The van der Waals surface area contributed by atoms with Gasteiger partial charge in [-0.25, -0.2) is 13.1 Å². The highest BCUT2D eigenvalue weighted by Gasteiger charge is 2.12. The van der Waals surface area contributed by atoms with E-state index in [2.05, 4.69) is 10.0 Å². The van der Waals surface area contributed by atoms with E-state index in [4.69, 9.17) is 11.6 Å². The number of thiophene rings is 1.